The van der Waals surface area contributed by atoms with Crippen LogP contribution in [-0.4, -0.2) is 17.6 Å². The molecule has 1 unspecified atom stereocenters. The Morgan fingerprint density at radius 3 is 2.34 bits per heavy atom. The van der Waals surface area contributed by atoms with Gasteiger partial charge >= 0.3 is 0 Å². The number of benzene rings is 2. The number of hydrogen-bond acceptors (Lipinski definition) is 3. The Balaban J connectivity index is 2.16. The van der Waals surface area contributed by atoms with Crippen molar-refractivity contribution in [2.45, 2.75) is 13.0 Å². The fraction of sp³-hybridized carbons (Fsp3) is 0.182. The van der Waals surface area contributed by atoms with Crippen LogP contribution in [0.4, 0.5) is 5.69 Å². The zero-order valence-corrected chi connectivity index (χ0v) is 17.7. The van der Waals surface area contributed by atoms with Crippen LogP contribution >= 0.6 is 23.2 Å². The van der Waals surface area contributed by atoms with Gasteiger partial charge < -0.3 is 14.2 Å². The fourth-order valence-electron chi connectivity index (χ4n) is 3.21. The number of aromatic nitrogens is 1. The number of pyridine rings is 1. The lowest BCUT2D eigenvalue weighted by Crippen LogP contribution is -2.34. The first-order valence-corrected chi connectivity index (χ1v) is 9.66. The molecule has 3 aromatic rings. The van der Waals surface area contributed by atoms with Crippen LogP contribution in [0.5, 0.6) is 5.75 Å². The molecule has 2 aromatic carbocycles. The summed E-state index contributed by atoms with van der Waals surface area (Å²) in [6.45, 7) is 1.90. The minimum Gasteiger partial charge on any atom is -0.496 e. The third kappa shape index (κ3) is 4.47. The van der Waals surface area contributed by atoms with Crippen LogP contribution in [0.25, 0.3) is 0 Å². The molecular weight excluding hydrogens is 411 g/mol. The maximum absolute atomic E-state index is 13.5. The van der Waals surface area contributed by atoms with Crippen molar-refractivity contribution in [3.8, 4) is 5.75 Å². The van der Waals surface area contributed by atoms with Gasteiger partial charge in [-0.05, 0) is 37.3 Å². The second-order valence-electron chi connectivity index (χ2n) is 6.59. The Bertz CT molecular complexity index is 1090. The molecule has 0 N–H and O–H groups in total. The van der Waals surface area contributed by atoms with Crippen LogP contribution in [0.3, 0.4) is 0 Å². The molecule has 1 atom stereocenters. The number of hydrogen-bond donors (Lipinski definition) is 0. The van der Waals surface area contributed by atoms with Gasteiger partial charge in [-0.2, -0.15) is 0 Å². The van der Waals surface area contributed by atoms with E-state index in [4.69, 9.17) is 27.9 Å². The molecule has 3 rings (SSSR count). The maximum atomic E-state index is 13.5. The Kier molecular flexibility index (Phi) is 6.30. The third-order valence-electron chi connectivity index (χ3n) is 4.65. The highest BCUT2D eigenvalue weighted by Gasteiger charge is 2.27. The van der Waals surface area contributed by atoms with E-state index in [1.165, 1.54) is 22.9 Å². The lowest BCUT2D eigenvalue weighted by Gasteiger charge is -2.31. The number of anilines is 1. The second-order valence-corrected chi connectivity index (χ2v) is 7.46. The molecule has 0 fully saturated rings. The average Bonchev–Trinajstić information content (AvgIpc) is 2.69. The molecule has 1 amide bonds. The summed E-state index contributed by atoms with van der Waals surface area (Å²) < 4.78 is 6.85. The molecule has 0 aliphatic carbocycles. The number of ether oxygens (including phenoxy) is 1. The van der Waals surface area contributed by atoms with Crippen LogP contribution in [-0.2, 0) is 7.05 Å². The van der Waals surface area contributed by atoms with Gasteiger partial charge in [0.2, 0.25) is 5.56 Å². The first-order valence-electron chi connectivity index (χ1n) is 8.91. The molecule has 1 heterocycles. The molecular formula is C22H20Cl2N2O3. The molecule has 0 radical (unpaired) electrons. The minimum absolute atomic E-state index is 0.198. The number of rotatable bonds is 5. The van der Waals surface area contributed by atoms with Gasteiger partial charge in [0, 0.05) is 40.6 Å². The quantitative estimate of drug-likeness (QED) is 0.564. The SMILES string of the molecule is COc1ccccc1C(C)N(C(=O)c1ccc(=O)n(C)c1)c1cc(Cl)cc(Cl)c1. The zero-order valence-electron chi connectivity index (χ0n) is 16.2. The number of methoxy groups -OCH3 is 1. The van der Waals surface area contributed by atoms with Crippen LogP contribution < -0.4 is 15.2 Å². The van der Waals surface area contributed by atoms with E-state index < -0.39 is 6.04 Å². The molecule has 5 nitrogen and oxygen atoms in total. The van der Waals surface area contributed by atoms with Crippen LogP contribution in [0.2, 0.25) is 10.0 Å². The Hall–Kier alpha value is -2.76. The van der Waals surface area contributed by atoms with E-state index in [1.807, 2.05) is 31.2 Å². The van der Waals surface area contributed by atoms with Crippen molar-refractivity contribution in [2.24, 2.45) is 7.05 Å². The highest BCUT2D eigenvalue weighted by atomic mass is 35.5. The number of amides is 1. The van der Waals surface area contributed by atoms with Crippen molar-refractivity contribution >= 4 is 34.8 Å². The molecule has 0 bridgehead atoms. The average molecular weight is 431 g/mol. The fourth-order valence-corrected chi connectivity index (χ4v) is 3.72. The highest BCUT2D eigenvalue weighted by Crippen LogP contribution is 2.36. The van der Waals surface area contributed by atoms with E-state index in [1.54, 1.807) is 37.3 Å². The Labute approximate surface area is 179 Å². The minimum atomic E-state index is -0.398. The van der Waals surface area contributed by atoms with Gasteiger partial charge in [-0.25, -0.2) is 0 Å². The largest absolute Gasteiger partial charge is 0.496 e. The summed E-state index contributed by atoms with van der Waals surface area (Å²) >= 11 is 12.4. The Morgan fingerprint density at radius 2 is 1.72 bits per heavy atom. The van der Waals surface area contributed by atoms with Crippen molar-refractivity contribution in [3.05, 3.63) is 92.3 Å². The summed E-state index contributed by atoms with van der Waals surface area (Å²) in [6, 6.07) is 14.9. The van der Waals surface area contributed by atoms with Crippen molar-refractivity contribution in [1.82, 2.24) is 4.57 Å². The normalized spacial score (nSPS) is 11.8. The number of halogens is 2. The molecule has 7 heteroatoms. The van der Waals surface area contributed by atoms with E-state index in [0.29, 0.717) is 27.0 Å². The number of para-hydroxylation sites is 1. The van der Waals surface area contributed by atoms with Crippen molar-refractivity contribution in [1.29, 1.82) is 0 Å². The van der Waals surface area contributed by atoms with Gasteiger partial charge in [0.05, 0.1) is 18.7 Å². The van der Waals surface area contributed by atoms with Crippen LogP contribution in [0.1, 0.15) is 28.9 Å². The first-order chi connectivity index (χ1) is 13.8. The van der Waals surface area contributed by atoms with E-state index in [9.17, 15) is 9.59 Å². The van der Waals surface area contributed by atoms with Gasteiger partial charge in [0.15, 0.2) is 0 Å². The smallest absolute Gasteiger partial charge is 0.260 e. The van der Waals surface area contributed by atoms with E-state index in [0.717, 1.165) is 5.56 Å². The van der Waals surface area contributed by atoms with E-state index in [-0.39, 0.29) is 11.5 Å². The van der Waals surface area contributed by atoms with E-state index >= 15 is 0 Å². The van der Waals surface area contributed by atoms with Gasteiger partial charge in [-0.1, -0.05) is 41.4 Å². The molecule has 0 aliphatic heterocycles. The van der Waals surface area contributed by atoms with Gasteiger partial charge in [-0.3, -0.25) is 9.59 Å². The summed E-state index contributed by atoms with van der Waals surface area (Å²) in [4.78, 5) is 26.9. The summed E-state index contributed by atoms with van der Waals surface area (Å²) in [5.74, 6) is 0.365. The predicted molar refractivity (Wildman–Crippen MR) is 116 cm³/mol. The monoisotopic (exact) mass is 430 g/mol. The zero-order chi connectivity index (χ0) is 21.1. The molecule has 0 saturated heterocycles. The molecule has 0 spiro atoms. The van der Waals surface area contributed by atoms with Crippen LogP contribution in [0, 0.1) is 0 Å². The van der Waals surface area contributed by atoms with Crippen LogP contribution in [0.15, 0.2) is 65.6 Å². The predicted octanol–water partition coefficient (Wildman–Crippen LogP) is 5.11. The highest BCUT2D eigenvalue weighted by molar-refractivity contribution is 6.35. The standard InChI is InChI=1S/C22H20Cl2N2O3/c1-14(19-6-4-5-7-20(19)29-3)26(18-11-16(23)10-17(24)12-18)22(28)15-8-9-21(27)25(2)13-15/h4-14H,1-3H3. The van der Waals surface area contributed by atoms with Gasteiger partial charge in [0.1, 0.15) is 5.75 Å². The summed E-state index contributed by atoms with van der Waals surface area (Å²) in [5, 5.41) is 0.830. The van der Waals surface area contributed by atoms with Gasteiger partial charge in [-0.15, -0.1) is 0 Å². The molecule has 1 aromatic heterocycles. The van der Waals surface area contributed by atoms with Crippen molar-refractivity contribution < 1.29 is 9.53 Å². The lowest BCUT2D eigenvalue weighted by atomic mass is 10.0. The molecule has 150 valence electrons. The topological polar surface area (TPSA) is 51.5 Å². The van der Waals surface area contributed by atoms with Crippen molar-refractivity contribution in [3.63, 3.8) is 0 Å². The summed E-state index contributed by atoms with van der Waals surface area (Å²) in [6.07, 6.45) is 1.51. The number of carbonyl (C=O) groups is 1. The van der Waals surface area contributed by atoms with E-state index in [2.05, 4.69) is 0 Å². The molecule has 0 saturated carbocycles. The summed E-state index contributed by atoms with van der Waals surface area (Å²) in [7, 11) is 3.18. The summed E-state index contributed by atoms with van der Waals surface area (Å²) in [5.41, 5.74) is 1.53. The Morgan fingerprint density at radius 1 is 1.07 bits per heavy atom. The molecule has 0 aliphatic rings. The first kappa shape index (κ1) is 21.0. The number of aryl methyl sites for hydroxylation is 1. The van der Waals surface area contributed by atoms with Gasteiger partial charge in [0.25, 0.3) is 5.91 Å². The lowest BCUT2D eigenvalue weighted by molar-refractivity contribution is 0.0977. The second kappa shape index (κ2) is 8.72. The van der Waals surface area contributed by atoms with Crippen molar-refractivity contribution in [2.75, 3.05) is 12.0 Å². The maximum Gasteiger partial charge on any atom is 0.260 e. The third-order valence-corrected chi connectivity index (χ3v) is 5.09. The number of carbonyl (C=O) groups excluding carboxylic acids is 1. The number of nitrogens with zero attached hydrogens (tertiary/aromatic N) is 2. The molecule has 29 heavy (non-hydrogen) atoms.